The van der Waals surface area contributed by atoms with Gasteiger partial charge in [0.25, 0.3) is 5.91 Å². The van der Waals surface area contributed by atoms with Crippen molar-refractivity contribution >= 4 is 51.2 Å². The van der Waals surface area contributed by atoms with Crippen LogP contribution in [-0.4, -0.2) is 65.5 Å². The standard InChI is InChI=1S/C14H21NO3Si.C14H21NO2SSi.CH4/c1-10-8-11(6-7-12(10)14(17)18-2)13(16)15-9-19(3,4)5;1-10-8-11(6-7-12(10)14(16)17-2)13(18)15-9-19(3,4)5;/h6-8H,9H2,1-5H3,(H,15,16);6-8H,9H2,1-5H3,(H,15,18);1H4. The Morgan fingerprint density at radius 3 is 1.49 bits per heavy atom. The maximum absolute atomic E-state index is 12.0. The summed E-state index contributed by atoms with van der Waals surface area (Å²) in [5.41, 5.74) is 4.21. The van der Waals surface area contributed by atoms with Gasteiger partial charge in [0.1, 0.15) is 4.99 Å². The van der Waals surface area contributed by atoms with Crippen molar-refractivity contribution in [2.45, 2.75) is 60.6 Å². The minimum absolute atomic E-state index is 0. The molecular formula is C29H46N2O5SSi2. The molecule has 0 bridgehead atoms. The third-order valence-corrected chi connectivity index (χ3v) is 8.20. The maximum Gasteiger partial charge on any atom is 0.338 e. The number of benzene rings is 2. The predicted molar refractivity (Wildman–Crippen MR) is 170 cm³/mol. The number of carbonyl (C=O) groups is 3. The number of esters is 2. The molecule has 39 heavy (non-hydrogen) atoms. The van der Waals surface area contributed by atoms with Crippen molar-refractivity contribution in [3.05, 3.63) is 69.8 Å². The van der Waals surface area contributed by atoms with Crippen molar-refractivity contribution in [1.29, 1.82) is 0 Å². The molecule has 2 rings (SSSR count). The van der Waals surface area contributed by atoms with Crippen LogP contribution in [0.5, 0.6) is 0 Å². The fraction of sp³-hybridized carbons (Fsp3) is 0.448. The van der Waals surface area contributed by atoms with Gasteiger partial charge in [0, 0.05) is 23.5 Å². The topological polar surface area (TPSA) is 93.7 Å². The van der Waals surface area contributed by atoms with Crippen LogP contribution in [0.15, 0.2) is 36.4 Å². The number of amides is 1. The molecule has 0 saturated carbocycles. The first kappa shape index (κ1) is 36.2. The van der Waals surface area contributed by atoms with Crippen LogP contribution in [0.25, 0.3) is 0 Å². The minimum atomic E-state index is -1.31. The Kier molecular flexibility index (Phi) is 14.5. The summed E-state index contributed by atoms with van der Waals surface area (Å²) in [6.45, 7) is 17.1. The molecule has 0 aliphatic heterocycles. The Labute approximate surface area is 242 Å². The molecular weight excluding hydrogens is 545 g/mol. The Balaban J connectivity index is 0.000000722. The van der Waals surface area contributed by atoms with E-state index in [4.69, 9.17) is 17.0 Å². The summed E-state index contributed by atoms with van der Waals surface area (Å²) in [5, 5.41) is 6.24. The first-order valence-electron chi connectivity index (χ1n) is 12.4. The Morgan fingerprint density at radius 2 is 1.10 bits per heavy atom. The fourth-order valence-electron chi connectivity index (χ4n) is 3.18. The zero-order valence-corrected chi connectivity index (χ0v) is 27.1. The second-order valence-corrected chi connectivity index (χ2v) is 22.9. The van der Waals surface area contributed by atoms with Crippen LogP contribution in [0.4, 0.5) is 0 Å². The van der Waals surface area contributed by atoms with Gasteiger partial charge in [-0.05, 0) is 55.3 Å². The molecule has 7 nitrogen and oxygen atoms in total. The quantitative estimate of drug-likeness (QED) is 0.223. The highest BCUT2D eigenvalue weighted by Crippen LogP contribution is 2.14. The number of hydrogen-bond acceptors (Lipinski definition) is 6. The smallest absolute Gasteiger partial charge is 0.338 e. The summed E-state index contributed by atoms with van der Waals surface area (Å²) >= 11 is 5.38. The molecule has 0 unspecified atom stereocenters. The van der Waals surface area contributed by atoms with Gasteiger partial charge in [-0.15, -0.1) is 0 Å². The van der Waals surface area contributed by atoms with Crippen molar-refractivity contribution in [3.8, 4) is 0 Å². The van der Waals surface area contributed by atoms with E-state index >= 15 is 0 Å². The lowest BCUT2D eigenvalue weighted by Crippen LogP contribution is -2.39. The number of methoxy groups -OCH3 is 2. The van der Waals surface area contributed by atoms with Crippen LogP contribution in [0.2, 0.25) is 39.3 Å². The molecule has 2 N–H and O–H groups in total. The van der Waals surface area contributed by atoms with Crippen LogP contribution in [0.3, 0.4) is 0 Å². The summed E-state index contributed by atoms with van der Waals surface area (Å²) < 4.78 is 9.40. The van der Waals surface area contributed by atoms with Gasteiger partial charge in [-0.3, -0.25) is 4.79 Å². The number of thiocarbonyl (C=S) groups is 1. The number of hydrogen-bond donors (Lipinski definition) is 2. The lowest BCUT2D eigenvalue weighted by atomic mass is 10.0. The number of aryl methyl sites for hydroxylation is 2. The Bertz CT molecular complexity index is 1080. The van der Waals surface area contributed by atoms with Crippen molar-refractivity contribution in [1.82, 2.24) is 10.6 Å². The summed E-state index contributed by atoms with van der Waals surface area (Å²) in [5.74, 6) is -0.793. The van der Waals surface area contributed by atoms with Crippen LogP contribution in [-0.2, 0) is 9.47 Å². The SMILES string of the molecule is C.COC(=O)c1ccc(C(=O)NC[Si](C)(C)C)cc1C.COC(=O)c1ccc(C(=S)NC[Si](C)(C)C)cc1C. The highest BCUT2D eigenvalue weighted by molar-refractivity contribution is 7.80. The Hall–Kier alpha value is -2.83. The number of carbonyl (C=O) groups excluding carboxylic acids is 3. The van der Waals surface area contributed by atoms with E-state index in [0.717, 1.165) is 34.0 Å². The van der Waals surface area contributed by atoms with Crippen molar-refractivity contribution < 1.29 is 23.9 Å². The number of nitrogens with one attached hydrogen (secondary N) is 2. The highest BCUT2D eigenvalue weighted by atomic mass is 32.1. The van der Waals surface area contributed by atoms with E-state index in [1.165, 1.54) is 14.2 Å². The zero-order chi connectivity index (χ0) is 29.3. The van der Waals surface area contributed by atoms with Crippen LogP contribution in [0, 0.1) is 13.8 Å². The molecule has 0 radical (unpaired) electrons. The summed E-state index contributed by atoms with van der Waals surface area (Å²) in [4.78, 5) is 35.7. The molecule has 0 saturated heterocycles. The van der Waals surface area contributed by atoms with Crippen molar-refractivity contribution in [2.75, 3.05) is 26.6 Å². The van der Waals surface area contributed by atoms with Crippen molar-refractivity contribution in [2.24, 2.45) is 0 Å². The first-order valence-corrected chi connectivity index (χ1v) is 20.3. The van der Waals surface area contributed by atoms with Gasteiger partial charge in [0.2, 0.25) is 0 Å². The summed E-state index contributed by atoms with van der Waals surface area (Å²) in [7, 11) is 0.247. The van der Waals surface area contributed by atoms with Gasteiger partial charge in [-0.25, -0.2) is 9.59 Å². The van der Waals surface area contributed by atoms with E-state index in [-0.39, 0.29) is 25.3 Å². The minimum Gasteiger partial charge on any atom is -0.465 e. The normalized spacial score (nSPS) is 10.7. The second kappa shape index (κ2) is 15.7. The lowest BCUT2D eigenvalue weighted by Gasteiger charge is -2.18. The van der Waals surface area contributed by atoms with Crippen molar-refractivity contribution in [3.63, 3.8) is 0 Å². The van der Waals surface area contributed by atoms with Gasteiger partial charge in [-0.2, -0.15) is 0 Å². The van der Waals surface area contributed by atoms with E-state index < -0.39 is 16.1 Å². The lowest BCUT2D eigenvalue weighted by molar-refractivity contribution is 0.0591. The van der Waals surface area contributed by atoms with E-state index in [2.05, 4.69) is 54.7 Å². The zero-order valence-electron chi connectivity index (χ0n) is 24.3. The molecule has 0 heterocycles. The molecule has 1 amide bonds. The van der Waals surface area contributed by atoms with Gasteiger partial charge in [0.05, 0.1) is 41.5 Å². The molecule has 10 heteroatoms. The van der Waals surface area contributed by atoms with Gasteiger partial charge in [0.15, 0.2) is 0 Å². The van der Waals surface area contributed by atoms with Crippen LogP contribution >= 0.6 is 12.2 Å². The molecule has 0 fully saturated rings. The van der Waals surface area contributed by atoms with E-state index in [1.54, 1.807) is 31.2 Å². The fourth-order valence-corrected chi connectivity index (χ4v) is 4.91. The third-order valence-electron chi connectivity index (χ3n) is 5.35. The second-order valence-electron chi connectivity index (χ2n) is 11.5. The molecule has 216 valence electrons. The average Bonchev–Trinajstić information content (AvgIpc) is 2.84. The maximum atomic E-state index is 12.0. The molecule has 0 atom stereocenters. The molecule has 2 aromatic carbocycles. The van der Waals surface area contributed by atoms with Gasteiger partial charge >= 0.3 is 11.9 Å². The molecule has 2 aromatic rings. The van der Waals surface area contributed by atoms with E-state index in [1.807, 2.05) is 19.1 Å². The first-order chi connectivity index (χ1) is 17.5. The predicted octanol–water partition coefficient (Wildman–Crippen LogP) is 5.95. The molecule has 0 spiro atoms. The van der Waals surface area contributed by atoms with E-state index in [9.17, 15) is 14.4 Å². The largest absolute Gasteiger partial charge is 0.465 e. The monoisotopic (exact) mass is 590 g/mol. The van der Waals surface area contributed by atoms with Crippen LogP contribution in [0.1, 0.15) is 55.2 Å². The summed E-state index contributed by atoms with van der Waals surface area (Å²) in [6, 6.07) is 10.5. The van der Waals surface area contributed by atoms with Crippen LogP contribution < -0.4 is 10.6 Å². The average molecular weight is 591 g/mol. The van der Waals surface area contributed by atoms with Gasteiger partial charge in [-0.1, -0.05) is 65.0 Å². The number of ether oxygens (including phenoxy) is 2. The number of rotatable bonds is 8. The highest BCUT2D eigenvalue weighted by Gasteiger charge is 2.17. The van der Waals surface area contributed by atoms with Gasteiger partial charge < -0.3 is 20.1 Å². The van der Waals surface area contributed by atoms with E-state index in [0.29, 0.717) is 16.7 Å². The molecule has 0 aliphatic carbocycles. The Morgan fingerprint density at radius 1 is 0.718 bits per heavy atom. The molecule has 0 aromatic heterocycles. The third kappa shape index (κ3) is 12.7. The summed E-state index contributed by atoms with van der Waals surface area (Å²) in [6.07, 6.45) is 1.69. The molecule has 0 aliphatic rings.